The molecule has 0 fully saturated rings. The molecule has 3 aromatic rings. The van der Waals surface area contributed by atoms with E-state index in [-0.39, 0.29) is 31.2 Å². The first-order chi connectivity index (χ1) is 14.2. The van der Waals surface area contributed by atoms with Crippen molar-refractivity contribution in [3.63, 3.8) is 0 Å². The molecule has 0 saturated heterocycles. The van der Waals surface area contributed by atoms with Crippen LogP contribution < -0.4 is 21.7 Å². The Bertz CT molecular complexity index is 1030. The third kappa shape index (κ3) is 4.39. The summed E-state index contributed by atoms with van der Waals surface area (Å²) in [6, 6.07) is 13.7. The number of rotatable bonds is 6. The van der Waals surface area contributed by atoms with Crippen LogP contribution in [0.15, 0.2) is 65.6 Å². The van der Waals surface area contributed by atoms with Gasteiger partial charge >= 0.3 is 11.9 Å². The van der Waals surface area contributed by atoms with Crippen LogP contribution in [0.3, 0.4) is 0 Å². The Labute approximate surface area is 180 Å². The summed E-state index contributed by atoms with van der Waals surface area (Å²) in [5.41, 5.74) is 4.11. The van der Waals surface area contributed by atoms with Gasteiger partial charge in [-0.2, -0.15) is 4.57 Å². The molecule has 156 valence electrons. The lowest BCUT2D eigenvalue weighted by atomic mass is 9.83. The van der Waals surface area contributed by atoms with Gasteiger partial charge in [-0.05, 0) is 19.1 Å². The van der Waals surface area contributed by atoms with Crippen LogP contribution in [0.4, 0.5) is 0 Å². The maximum Gasteiger partial charge on any atom is 0.311 e. The molecule has 0 bridgehead atoms. The number of furan rings is 1. The zero-order valence-electron chi connectivity index (χ0n) is 16.5. The van der Waals surface area contributed by atoms with Crippen LogP contribution in [-0.2, 0) is 20.9 Å². The lowest BCUT2D eigenvalue weighted by Crippen LogP contribution is -3.00. The van der Waals surface area contributed by atoms with Crippen molar-refractivity contribution >= 4 is 11.9 Å². The van der Waals surface area contributed by atoms with E-state index in [4.69, 9.17) is 13.9 Å². The van der Waals surface area contributed by atoms with Gasteiger partial charge in [0.15, 0.2) is 18.4 Å². The van der Waals surface area contributed by atoms with Gasteiger partial charge in [-0.1, -0.05) is 18.2 Å². The van der Waals surface area contributed by atoms with Crippen molar-refractivity contribution in [3.8, 4) is 5.75 Å². The lowest BCUT2D eigenvalue weighted by Gasteiger charge is -2.24. The molecule has 1 aliphatic heterocycles. The highest BCUT2D eigenvalue weighted by Gasteiger charge is 2.36. The van der Waals surface area contributed by atoms with E-state index in [1.165, 1.54) is 0 Å². The Hall–Kier alpha value is -3.12. The fourth-order valence-electron chi connectivity index (χ4n) is 3.76. The van der Waals surface area contributed by atoms with Gasteiger partial charge in [0.05, 0.1) is 32.0 Å². The Morgan fingerprint density at radius 2 is 1.93 bits per heavy atom. The van der Waals surface area contributed by atoms with Gasteiger partial charge in [-0.25, -0.2) is 0 Å². The SMILES string of the molecule is CCOC(=O)CCC(=O)Oc1cccc2c1C(c1ccoc1)c1cccc[n+]1C2.[Cl-]. The fourth-order valence-corrected chi connectivity index (χ4v) is 3.76. The van der Waals surface area contributed by atoms with Crippen LogP contribution in [0.25, 0.3) is 0 Å². The zero-order valence-corrected chi connectivity index (χ0v) is 17.3. The molecule has 0 spiro atoms. The van der Waals surface area contributed by atoms with Gasteiger partial charge in [0.25, 0.3) is 0 Å². The molecule has 0 radical (unpaired) electrons. The second kappa shape index (κ2) is 9.59. The van der Waals surface area contributed by atoms with Gasteiger partial charge in [-0.15, -0.1) is 0 Å². The molecule has 6 nitrogen and oxygen atoms in total. The monoisotopic (exact) mass is 427 g/mol. The Morgan fingerprint density at radius 3 is 2.70 bits per heavy atom. The molecule has 1 aliphatic rings. The van der Waals surface area contributed by atoms with Crippen molar-refractivity contribution < 1.29 is 40.5 Å². The number of hydrogen-bond donors (Lipinski definition) is 0. The Balaban J connectivity index is 0.00000256. The first-order valence-electron chi connectivity index (χ1n) is 9.66. The van der Waals surface area contributed by atoms with E-state index in [1.807, 2.05) is 36.5 Å². The van der Waals surface area contributed by atoms with Gasteiger partial charge in [0.1, 0.15) is 11.7 Å². The molecule has 1 atom stereocenters. The highest BCUT2D eigenvalue weighted by molar-refractivity contribution is 5.79. The number of esters is 2. The summed E-state index contributed by atoms with van der Waals surface area (Å²) < 4.78 is 18.1. The zero-order chi connectivity index (χ0) is 20.2. The largest absolute Gasteiger partial charge is 1.00 e. The van der Waals surface area contributed by atoms with Crippen molar-refractivity contribution in [3.05, 3.63) is 83.6 Å². The molecule has 7 heteroatoms. The number of carbonyl (C=O) groups is 2. The van der Waals surface area contributed by atoms with Crippen molar-refractivity contribution in [2.45, 2.75) is 32.2 Å². The topological polar surface area (TPSA) is 69.6 Å². The maximum atomic E-state index is 12.4. The van der Waals surface area contributed by atoms with E-state index in [9.17, 15) is 9.59 Å². The number of carbonyl (C=O) groups excluding carboxylic acids is 2. The number of halogens is 1. The molecule has 3 heterocycles. The summed E-state index contributed by atoms with van der Waals surface area (Å²) in [4.78, 5) is 23.9. The minimum atomic E-state index is -0.455. The standard InChI is InChI=1S/C23H22NO5.ClH/c1-2-28-20(25)9-10-21(26)29-19-8-5-6-16-14-24-12-4-3-7-18(24)22(23(16)19)17-11-13-27-15-17;/h3-8,11-13,15,22H,2,9-10,14H2,1H3;1H/q+1;/p-1. The third-order valence-electron chi connectivity index (χ3n) is 5.00. The van der Waals surface area contributed by atoms with Crippen LogP contribution in [0, 0.1) is 0 Å². The van der Waals surface area contributed by atoms with Crippen molar-refractivity contribution in [2.75, 3.05) is 6.61 Å². The molecule has 0 aliphatic carbocycles. The minimum Gasteiger partial charge on any atom is -1.00 e. The summed E-state index contributed by atoms with van der Waals surface area (Å²) in [5, 5.41) is 0. The summed E-state index contributed by atoms with van der Waals surface area (Å²) >= 11 is 0. The number of fused-ring (bicyclic) bond motifs is 2. The Morgan fingerprint density at radius 1 is 1.10 bits per heavy atom. The van der Waals surface area contributed by atoms with Crippen molar-refractivity contribution in [1.29, 1.82) is 0 Å². The number of benzene rings is 1. The minimum absolute atomic E-state index is 0. The van der Waals surface area contributed by atoms with E-state index >= 15 is 0 Å². The summed E-state index contributed by atoms with van der Waals surface area (Å²) in [6.45, 7) is 2.72. The quantitative estimate of drug-likeness (QED) is 0.252. The number of pyridine rings is 1. The second-order valence-corrected chi connectivity index (χ2v) is 6.85. The molecule has 0 saturated carbocycles. The molecule has 30 heavy (non-hydrogen) atoms. The van der Waals surface area contributed by atoms with E-state index in [0.717, 1.165) is 22.4 Å². The molecular formula is C23H22ClNO5. The smallest absolute Gasteiger partial charge is 0.311 e. The molecule has 4 rings (SSSR count). The van der Waals surface area contributed by atoms with Gasteiger partial charge in [0.2, 0.25) is 0 Å². The molecule has 2 aromatic heterocycles. The predicted molar refractivity (Wildman–Crippen MR) is 103 cm³/mol. The van der Waals surface area contributed by atoms with E-state index in [0.29, 0.717) is 18.9 Å². The van der Waals surface area contributed by atoms with Crippen LogP contribution in [0.5, 0.6) is 5.75 Å². The summed E-state index contributed by atoms with van der Waals surface area (Å²) in [7, 11) is 0. The van der Waals surface area contributed by atoms with Gasteiger partial charge < -0.3 is 26.3 Å². The lowest BCUT2D eigenvalue weighted by molar-refractivity contribution is -0.698. The van der Waals surface area contributed by atoms with E-state index in [2.05, 4.69) is 10.6 Å². The maximum absolute atomic E-state index is 12.4. The summed E-state index contributed by atoms with van der Waals surface area (Å²) in [5.74, 6) is -0.463. The highest BCUT2D eigenvalue weighted by Crippen LogP contribution is 2.40. The normalized spacial score (nSPS) is 14.1. The van der Waals surface area contributed by atoms with E-state index in [1.54, 1.807) is 25.5 Å². The van der Waals surface area contributed by atoms with Crippen LogP contribution in [0.1, 0.15) is 48.1 Å². The highest BCUT2D eigenvalue weighted by atomic mass is 35.5. The van der Waals surface area contributed by atoms with E-state index < -0.39 is 11.9 Å². The van der Waals surface area contributed by atoms with Crippen molar-refractivity contribution in [2.24, 2.45) is 0 Å². The molecular weight excluding hydrogens is 406 g/mol. The fraction of sp³-hybridized carbons (Fsp3) is 0.261. The van der Waals surface area contributed by atoms with Gasteiger partial charge in [0, 0.05) is 28.8 Å². The molecule has 0 N–H and O–H groups in total. The number of ether oxygens (including phenoxy) is 2. The number of aromatic nitrogens is 1. The average molecular weight is 428 g/mol. The first-order valence-corrected chi connectivity index (χ1v) is 9.66. The second-order valence-electron chi connectivity index (χ2n) is 6.85. The average Bonchev–Trinajstić information content (AvgIpc) is 3.25. The first kappa shape index (κ1) is 21.6. The van der Waals surface area contributed by atoms with Crippen molar-refractivity contribution in [1.82, 2.24) is 0 Å². The van der Waals surface area contributed by atoms with Gasteiger partial charge in [-0.3, -0.25) is 9.59 Å². The number of hydrogen-bond acceptors (Lipinski definition) is 5. The third-order valence-corrected chi connectivity index (χ3v) is 5.00. The predicted octanol–water partition coefficient (Wildman–Crippen LogP) is 0.362. The molecule has 0 amide bonds. The Kier molecular flexibility index (Phi) is 6.90. The molecule has 1 aromatic carbocycles. The van der Waals surface area contributed by atoms with Crippen LogP contribution in [-0.4, -0.2) is 18.5 Å². The summed E-state index contributed by atoms with van der Waals surface area (Å²) in [6.07, 6.45) is 5.39. The molecule has 1 unspecified atom stereocenters. The number of nitrogens with zero attached hydrogens (tertiary/aromatic N) is 1. The van der Waals surface area contributed by atoms with Crippen LogP contribution in [0.2, 0.25) is 0 Å². The van der Waals surface area contributed by atoms with Crippen LogP contribution >= 0.6 is 0 Å².